The van der Waals surface area contributed by atoms with E-state index in [0.717, 1.165) is 17.8 Å². The molecule has 0 aromatic heterocycles. The van der Waals surface area contributed by atoms with Crippen molar-refractivity contribution in [3.63, 3.8) is 0 Å². The van der Waals surface area contributed by atoms with Crippen LogP contribution in [0.4, 0.5) is 5.69 Å². The zero-order chi connectivity index (χ0) is 19.7. The summed E-state index contributed by atoms with van der Waals surface area (Å²) in [4.78, 5) is 11.8. The second-order valence-corrected chi connectivity index (χ2v) is 9.02. The van der Waals surface area contributed by atoms with Crippen molar-refractivity contribution in [1.29, 1.82) is 0 Å². The van der Waals surface area contributed by atoms with Gasteiger partial charge in [0, 0.05) is 25.1 Å². The van der Waals surface area contributed by atoms with E-state index in [1.54, 1.807) is 36.0 Å². The summed E-state index contributed by atoms with van der Waals surface area (Å²) in [7, 11) is -1.82. The smallest absolute Gasteiger partial charge is 0.257 e. The summed E-state index contributed by atoms with van der Waals surface area (Å²) in [5, 5.41) is 2.82. The van der Waals surface area contributed by atoms with E-state index in [-0.39, 0.29) is 12.5 Å². The molecule has 2 rings (SSSR count). The van der Waals surface area contributed by atoms with Gasteiger partial charge in [0.2, 0.25) is 10.0 Å². The molecule has 27 heavy (non-hydrogen) atoms. The lowest BCUT2D eigenvalue weighted by Crippen LogP contribution is -2.30. The average Bonchev–Trinajstić information content (AvgIpc) is 2.66. The van der Waals surface area contributed by atoms with E-state index in [1.165, 1.54) is 16.9 Å². The van der Waals surface area contributed by atoms with Crippen LogP contribution in [0.25, 0.3) is 0 Å². The molecular formula is C19H24N2O4S2. The molecule has 0 fully saturated rings. The Kier molecular flexibility index (Phi) is 7.99. The highest BCUT2D eigenvalue weighted by Gasteiger charge is 2.11. The molecule has 8 heteroatoms. The highest BCUT2D eigenvalue weighted by Crippen LogP contribution is 2.20. The topological polar surface area (TPSA) is 75.7 Å². The van der Waals surface area contributed by atoms with Gasteiger partial charge in [-0.2, -0.15) is 11.8 Å². The van der Waals surface area contributed by atoms with E-state index in [4.69, 9.17) is 4.74 Å². The third-order valence-corrected chi connectivity index (χ3v) is 5.98. The number of nitrogens with one attached hydrogen (secondary N) is 1. The van der Waals surface area contributed by atoms with Gasteiger partial charge in [0.15, 0.2) is 6.61 Å². The third kappa shape index (κ3) is 7.52. The van der Waals surface area contributed by atoms with Gasteiger partial charge < -0.3 is 10.1 Å². The van der Waals surface area contributed by atoms with Crippen molar-refractivity contribution in [2.24, 2.45) is 0 Å². The summed E-state index contributed by atoms with van der Waals surface area (Å²) in [6.45, 7) is 0.502. The maximum absolute atomic E-state index is 11.8. The largest absolute Gasteiger partial charge is 0.484 e. The number of rotatable bonds is 10. The van der Waals surface area contributed by atoms with Crippen LogP contribution in [-0.4, -0.2) is 46.5 Å². The fourth-order valence-corrected chi connectivity index (χ4v) is 3.49. The highest BCUT2D eigenvalue weighted by molar-refractivity contribution is 7.98. The maximum atomic E-state index is 11.8. The van der Waals surface area contributed by atoms with E-state index in [9.17, 15) is 13.2 Å². The lowest BCUT2D eigenvalue weighted by molar-refractivity contribution is -0.122. The highest BCUT2D eigenvalue weighted by atomic mass is 32.2. The van der Waals surface area contributed by atoms with Gasteiger partial charge >= 0.3 is 0 Å². The number of hydrogen-bond donors (Lipinski definition) is 1. The number of anilines is 1. The van der Waals surface area contributed by atoms with Crippen LogP contribution in [0.3, 0.4) is 0 Å². The number of carbonyl (C=O) groups is 1. The van der Waals surface area contributed by atoms with Gasteiger partial charge in [0.1, 0.15) is 5.75 Å². The number of sulfonamides is 1. The number of thioether (sulfide) groups is 1. The fourth-order valence-electron chi connectivity index (χ4n) is 2.17. The van der Waals surface area contributed by atoms with Crippen molar-refractivity contribution in [2.75, 3.05) is 36.5 Å². The van der Waals surface area contributed by atoms with Gasteiger partial charge in [-0.25, -0.2) is 8.42 Å². The molecule has 2 aromatic carbocycles. The first-order chi connectivity index (χ1) is 12.9. The second kappa shape index (κ2) is 10.2. The summed E-state index contributed by atoms with van der Waals surface area (Å²) in [6, 6.07) is 16.7. The molecule has 146 valence electrons. The van der Waals surface area contributed by atoms with Crippen molar-refractivity contribution < 1.29 is 17.9 Å². The number of carbonyl (C=O) groups excluding carboxylic acids is 1. The predicted octanol–water partition coefficient (Wildman–Crippen LogP) is 2.51. The molecule has 1 N–H and O–H groups in total. The summed E-state index contributed by atoms with van der Waals surface area (Å²) in [6.07, 6.45) is 1.14. The lowest BCUT2D eigenvalue weighted by Gasteiger charge is -2.16. The van der Waals surface area contributed by atoms with Crippen LogP contribution < -0.4 is 14.4 Å². The molecule has 1 amide bonds. The normalized spacial score (nSPS) is 11.0. The molecule has 0 aliphatic rings. The molecule has 2 aromatic rings. The Morgan fingerprint density at radius 1 is 1.11 bits per heavy atom. The summed E-state index contributed by atoms with van der Waals surface area (Å²) in [5.74, 6) is 2.07. The Morgan fingerprint density at radius 3 is 2.41 bits per heavy atom. The van der Waals surface area contributed by atoms with Gasteiger partial charge in [0.25, 0.3) is 5.91 Å². The number of nitrogens with zero attached hydrogens (tertiary/aromatic N) is 1. The average molecular weight is 409 g/mol. The Bertz CT molecular complexity index is 825. The molecule has 0 saturated carbocycles. The Labute approximate surface area is 165 Å². The Balaban J connectivity index is 1.65. The molecule has 0 aliphatic heterocycles. The van der Waals surface area contributed by atoms with Crippen LogP contribution in [0.2, 0.25) is 0 Å². The first kappa shape index (κ1) is 21.1. The van der Waals surface area contributed by atoms with Crippen molar-refractivity contribution in [3.8, 4) is 5.75 Å². The number of hydrogen-bond acceptors (Lipinski definition) is 5. The molecular weight excluding hydrogens is 384 g/mol. The monoisotopic (exact) mass is 408 g/mol. The first-order valence-corrected chi connectivity index (χ1v) is 11.4. The molecule has 0 bridgehead atoms. The van der Waals surface area contributed by atoms with Crippen LogP contribution in [-0.2, 0) is 20.6 Å². The molecule has 6 nitrogen and oxygen atoms in total. The van der Waals surface area contributed by atoms with E-state index in [0.29, 0.717) is 18.0 Å². The van der Waals surface area contributed by atoms with Crippen molar-refractivity contribution in [2.45, 2.75) is 5.75 Å². The molecule has 0 atom stereocenters. The van der Waals surface area contributed by atoms with Gasteiger partial charge in [-0.3, -0.25) is 9.10 Å². The SMILES string of the molecule is CN(c1ccc(OCC(=O)NCCSCc2ccccc2)cc1)S(C)(=O)=O. The van der Waals surface area contributed by atoms with Gasteiger partial charge in [0.05, 0.1) is 11.9 Å². The van der Waals surface area contributed by atoms with Crippen LogP contribution >= 0.6 is 11.8 Å². The zero-order valence-electron chi connectivity index (χ0n) is 15.4. The second-order valence-electron chi connectivity index (χ2n) is 5.90. The predicted molar refractivity (Wildman–Crippen MR) is 111 cm³/mol. The van der Waals surface area contributed by atoms with Crippen LogP contribution in [0.1, 0.15) is 5.56 Å². The number of benzene rings is 2. The molecule has 0 saturated heterocycles. The first-order valence-electron chi connectivity index (χ1n) is 8.41. The van der Waals surface area contributed by atoms with E-state index in [1.807, 2.05) is 18.2 Å². The minimum absolute atomic E-state index is 0.0788. The standard InChI is InChI=1S/C19H24N2O4S2/c1-21(27(2,23)24)17-8-10-18(11-9-17)25-14-19(22)20-12-13-26-15-16-6-4-3-5-7-16/h3-11H,12-15H2,1-2H3,(H,20,22). The van der Waals surface area contributed by atoms with Crippen LogP contribution in [0.5, 0.6) is 5.75 Å². The van der Waals surface area contributed by atoms with Gasteiger partial charge in [-0.15, -0.1) is 0 Å². The van der Waals surface area contributed by atoms with Crippen molar-refractivity contribution in [1.82, 2.24) is 5.32 Å². The fraction of sp³-hybridized carbons (Fsp3) is 0.316. The quantitative estimate of drug-likeness (QED) is 0.612. The van der Waals surface area contributed by atoms with Gasteiger partial charge in [-0.05, 0) is 29.8 Å². The van der Waals surface area contributed by atoms with Gasteiger partial charge in [-0.1, -0.05) is 30.3 Å². The maximum Gasteiger partial charge on any atom is 0.257 e. The van der Waals surface area contributed by atoms with Crippen LogP contribution in [0, 0.1) is 0 Å². The van der Waals surface area contributed by atoms with Crippen molar-refractivity contribution >= 4 is 33.4 Å². The van der Waals surface area contributed by atoms with E-state index >= 15 is 0 Å². The summed E-state index contributed by atoms with van der Waals surface area (Å²) in [5.41, 5.74) is 1.80. The third-order valence-electron chi connectivity index (χ3n) is 3.75. The summed E-state index contributed by atoms with van der Waals surface area (Å²) >= 11 is 1.76. The molecule has 0 unspecified atom stereocenters. The van der Waals surface area contributed by atoms with Crippen LogP contribution in [0.15, 0.2) is 54.6 Å². The van der Waals surface area contributed by atoms with E-state index in [2.05, 4.69) is 17.4 Å². The molecule has 0 aliphatic carbocycles. The zero-order valence-corrected chi connectivity index (χ0v) is 17.1. The Morgan fingerprint density at radius 2 is 1.78 bits per heavy atom. The minimum Gasteiger partial charge on any atom is -0.484 e. The molecule has 0 spiro atoms. The summed E-state index contributed by atoms with van der Waals surface area (Å²) < 4.78 is 29.6. The van der Waals surface area contributed by atoms with Crippen molar-refractivity contribution in [3.05, 3.63) is 60.2 Å². The Hall–Kier alpha value is -2.19. The molecule has 0 radical (unpaired) electrons. The number of ether oxygens (including phenoxy) is 1. The number of amides is 1. The minimum atomic E-state index is -3.30. The molecule has 0 heterocycles. The van der Waals surface area contributed by atoms with E-state index < -0.39 is 10.0 Å². The lowest BCUT2D eigenvalue weighted by atomic mass is 10.2.